The number of hydrogen-bond donors (Lipinski definition) is 2. The minimum atomic E-state index is -0.323. The van der Waals surface area contributed by atoms with Crippen molar-refractivity contribution in [2.45, 2.75) is 57.5 Å². The molecule has 3 heterocycles. The van der Waals surface area contributed by atoms with Crippen molar-refractivity contribution in [2.24, 2.45) is 5.73 Å². The fourth-order valence-corrected chi connectivity index (χ4v) is 6.46. The van der Waals surface area contributed by atoms with E-state index < -0.39 is 0 Å². The van der Waals surface area contributed by atoms with Gasteiger partial charge in [-0.25, -0.2) is 14.4 Å². The number of halogens is 2. The van der Waals surface area contributed by atoms with Gasteiger partial charge in [-0.3, -0.25) is 4.79 Å². The zero-order valence-corrected chi connectivity index (χ0v) is 24.8. The molecular formula is C32H37ClFN5O3. The van der Waals surface area contributed by atoms with Crippen LogP contribution in [0.25, 0.3) is 22.0 Å². The smallest absolute Gasteiger partial charge is 0.313 e. The van der Waals surface area contributed by atoms with Crippen LogP contribution in [0.1, 0.15) is 48.4 Å². The fraction of sp³-hybridized carbons (Fsp3) is 0.406. The third-order valence-corrected chi connectivity index (χ3v) is 8.45. The molecule has 42 heavy (non-hydrogen) atoms. The van der Waals surface area contributed by atoms with Crippen LogP contribution in [-0.4, -0.2) is 63.3 Å². The zero-order chi connectivity index (χ0) is 29.8. The average molecular weight is 594 g/mol. The van der Waals surface area contributed by atoms with Gasteiger partial charge in [-0.1, -0.05) is 35.9 Å². The van der Waals surface area contributed by atoms with Gasteiger partial charge in [0.15, 0.2) is 0 Å². The van der Waals surface area contributed by atoms with Gasteiger partial charge in [-0.05, 0) is 61.4 Å². The number of rotatable bonds is 10. The summed E-state index contributed by atoms with van der Waals surface area (Å²) in [6.45, 7) is 4.45. The highest BCUT2D eigenvalue weighted by Gasteiger charge is 2.31. The van der Waals surface area contributed by atoms with Crippen molar-refractivity contribution in [3.63, 3.8) is 0 Å². The number of aromatic hydroxyl groups is 1. The van der Waals surface area contributed by atoms with Crippen LogP contribution in [0.3, 0.4) is 0 Å². The Bertz CT molecular complexity index is 1540. The van der Waals surface area contributed by atoms with Crippen LogP contribution in [0, 0.1) is 12.7 Å². The summed E-state index contributed by atoms with van der Waals surface area (Å²) in [5.41, 5.74) is 11.9. The molecule has 10 heteroatoms. The Kier molecular flexibility index (Phi) is 9.40. The number of ether oxygens (including phenoxy) is 1. The first-order valence-electron chi connectivity index (χ1n) is 14.4. The Hall–Kier alpha value is -3.53. The SMILES string of the molecule is COCCCn1c(C2CCCN(C(=O)C[C@H](N)Cc3ccc(-c4cnc(O)nc4)cc3)C2)c(C)c2c(F)ccc(Cl)c21. The normalized spacial score (nSPS) is 16.2. The predicted molar refractivity (Wildman–Crippen MR) is 162 cm³/mol. The van der Waals surface area contributed by atoms with Crippen molar-refractivity contribution in [2.75, 3.05) is 26.8 Å². The fourth-order valence-electron chi connectivity index (χ4n) is 6.20. The van der Waals surface area contributed by atoms with E-state index in [2.05, 4.69) is 14.5 Å². The van der Waals surface area contributed by atoms with Gasteiger partial charge < -0.3 is 25.0 Å². The summed E-state index contributed by atoms with van der Waals surface area (Å²) < 4.78 is 22.5. The maximum atomic E-state index is 15.0. The van der Waals surface area contributed by atoms with E-state index in [1.807, 2.05) is 36.1 Å². The lowest BCUT2D eigenvalue weighted by Crippen LogP contribution is -2.42. The monoisotopic (exact) mass is 593 g/mol. The topological polar surface area (TPSA) is 106 Å². The molecular weight excluding hydrogens is 557 g/mol. The zero-order valence-electron chi connectivity index (χ0n) is 24.0. The van der Waals surface area contributed by atoms with E-state index in [0.717, 1.165) is 52.7 Å². The molecule has 2 aromatic heterocycles. The maximum absolute atomic E-state index is 15.0. The Morgan fingerprint density at radius 3 is 2.64 bits per heavy atom. The molecule has 0 spiro atoms. The Morgan fingerprint density at radius 2 is 1.93 bits per heavy atom. The molecule has 1 unspecified atom stereocenters. The van der Waals surface area contributed by atoms with Crippen LogP contribution in [0.4, 0.5) is 4.39 Å². The Labute approximate surface area is 250 Å². The van der Waals surface area contributed by atoms with Crippen LogP contribution < -0.4 is 5.73 Å². The molecule has 1 aliphatic rings. The molecule has 1 amide bonds. The number of benzene rings is 2. The summed E-state index contributed by atoms with van der Waals surface area (Å²) in [6, 6.07) is 10.3. The molecule has 0 saturated carbocycles. The highest BCUT2D eigenvalue weighted by Crippen LogP contribution is 2.39. The number of carbonyl (C=O) groups excluding carboxylic acids is 1. The van der Waals surface area contributed by atoms with E-state index in [1.165, 1.54) is 6.07 Å². The first-order chi connectivity index (χ1) is 20.3. The number of methoxy groups -OCH3 is 1. The summed E-state index contributed by atoms with van der Waals surface area (Å²) in [4.78, 5) is 23.0. The molecule has 0 aliphatic carbocycles. The van der Waals surface area contributed by atoms with Crippen LogP contribution in [0.5, 0.6) is 6.01 Å². The molecule has 222 valence electrons. The third-order valence-electron chi connectivity index (χ3n) is 8.15. The summed E-state index contributed by atoms with van der Waals surface area (Å²) in [7, 11) is 1.67. The summed E-state index contributed by atoms with van der Waals surface area (Å²) >= 11 is 6.61. The number of likely N-dealkylation sites (tertiary alicyclic amines) is 1. The van der Waals surface area contributed by atoms with Gasteiger partial charge in [0.2, 0.25) is 5.91 Å². The lowest BCUT2D eigenvalue weighted by atomic mass is 9.91. The maximum Gasteiger partial charge on any atom is 0.313 e. The number of aryl methyl sites for hydroxylation is 2. The number of aromatic nitrogens is 3. The van der Waals surface area contributed by atoms with Gasteiger partial charge in [-0.15, -0.1) is 0 Å². The Morgan fingerprint density at radius 1 is 1.19 bits per heavy atom. The van der Waals surface area contributed by atoms with Crippen LogP contribution >= 0.6 is 11.6 Å². The largest absolute Gasteiger partial charge is 0.479 e. The molecule has 5 rings (SSSR count). The molecule has 3 N–H and O–H groups in total. The van der Waals surface area contributed by atoms with E-state index in [1.54, 1.807) is 25.6 Å². The lowest BCUT2D eigenvalue weighted by Gasteiger charge is -2.34. The molecule has 1 fully saturated rings. The molecule has 8 nitrogen and oxygen atoms in total. The van der Waals surface area contributed by atoms with E-state index in [9.17, 15) is 9.90 Å². The highest BCUT2D eigenvalue weighted by atomic mass is 35.5. The summed E-state index contributed by atoms with van der Waals surface area (Å²) in [6.07, 6.45) is 6.50. The van der Waals surface area contributed by atoms with Crippen LogP contribution in [0.15, 0.2) is 48.8 Å². The predicted octanol–water partition coefficient (Wildman–Crippen LogP) is 5.61. The van der Waals surface area contributed by atoms with Crippen molar-refractivity contribution in [3.05, 3.63) is 76.5 Å². The van der Waals surface area contributed by atoms with Crippen LogP contribution in [0.2, 0.25) is 5.02 Å². The number of piperidine rings is 1. The second-order valence-electron chi connectivity index (χ2n) is 11.1. The number of nitrogens with two attached hydrogens (primary N) is 1. The second kappa shape index (κ2) is 13.2. The Balaban J connectivity index is 1.27. The molecule has 4 aromatic rings. The van der Waals surface area contributed by atoms with E-state index in [0.29, 0.717) is 43.1 Å². The van der Waals surface area contributed by atoms with Gasteiger partial charge in [0.05, 0.1) is 10.5 Å². The summed E-state index contributed by atoms with van der Waals surface area (Å²) in [5, 5.41) is 10.4. The van der Waals surface area contributed by atoms with Crippen molar-refractivity contribution >= 4 is 28.4 Å². The van der Waals surface area contributed by atoms with Crippen LogP contribution in [-0.2, 0) is 22.5 Å². The molecule has 2 atom stereocenters. The number of hydrogen-bond acceptors (Lipinski definition) is 6. The first kappa shape index (κ1) is 29.9. The number of amides is 1. The van der Waals surface area contributed by atoms with E-state index in [4.69, 9.17) is 22.1 Å². The van der Waals surface area contributed by atoms with Gasteiger partial charge in [0, 0.05) is 80.8 Å². The quantitative estimate of drug-likeness (QED) is 0.232. The van der Waals surface area contributed by atoms with Crippen molar-refractivity contribution < 1.29 is 19.0 Å². The molecule has 1 saturated heterocycles. The molecule has 0 radical (unpaired) electrons. The summed E-state index contributed by atoms with van der Waals surface area (Å²) in [5.74, 6) is -0.174. The standard InChI is InChI=1S/C32H37ClFN5O3/c1-20-29-27(34)11-10-26(33)31(29)39(13-4-14-42-2)30(20)23-5-3-12-38(19-23)28(40)16-25(35)15-21-6-8-22(9-7-21)24-17-36-32(41)37-18-24/h6-11,17-18,23,25H,3-5,12-16,19,35H2,1-2H3,(H,36,37,41)/t23?,25-/m1/s1. The minimum Gasteiger partial charge on any atom is -0.479 e. The van der Waals surface area contributed by atoms with Gasteiger partial charge in [-0.2, -0.15) is 0 Å². The van der Waals surface area contributed by atoms with Crippen molar-refractivity contribution in [1.29, 1.82) is 0 Å². The average Bonchev–Trinajstić information content (AvgIpc) is 3.29. The first-order valence-corrected chi connectivity index (χ1v) is 14.7. The third kappa shape index (κ3) is 6.43. The van der Waals surface area contributed by atoms with E-state index in [-0.39, 0.29) is 36.1 Å². The van der Waals surface area contributed by atoms with Gasteiger partial charge in [0.25, 0.3) is 0 Å². The number of carbonyl (C=O) groups is 1. The lowest BCUT2D eigenvalue weighted by molar-refractivity contribution is -0.132. The van der Waals surface area contributed by atoms with Crippen molar-refractivity contribution in [1.82, 2.24) is 19.4 Å². The minimum absolute atomic E-state index is 0.0361. The number of fused-ring (bicyclic) bond motifs is 1. The van der Waals surface area contributed by atoms with Gasteiger partial charge >= 0.3 is 6.01 Å². The van der Waals surface area contributed by atoms with E-state index >= 15 is 4.39 Å². The highest BCUT2D eigenvalue weighted by molar-refractivity contribution is 6.35. The molecule has 1 aliphatic heterocycles. The molecule has 2 aromatic carbocycles. The second-order valence-corrected chi connectivity index (χ2v) is 11.5. The molecule has 0 bridgehead atoms. The number of nitrogens with zero attached hydrogens (tertiary/aromatic N) is 4. The van der Waals surface area contributed by atoms with Crippen molar-refractivity contribution in [3.8, 4) is 17.1 Å². The van der Waals surface area contributed by atoms with Gasteiger partial charge in [0.1, 0.15) is 5.82 Å².